The van der Waals surface area contributed by atoms with Crippen molar-refractivity contribution < 1.29 is 52.1 Å². The van der Waals surface area contributed by atoms with Crippen LogP contribution in [0.1, 0.15) is 125 Å². The standard InChI is InChI=1S/C19H32O3S.C4H10O.C3H6O2.2C2H6O3S.2C2H6/c1-3-4-5-6-7-8-9-10-11-12-13-18-14-16-19(17-15-18)23(20,21)22-2;1-4(2)5-3;1-3(4)5-2;2*1-5-6(2,3)4;2*1-2/h14-17H,3-13H2,1-2H3;4H,1-3H3;1-2H3;2*1-2H3;2*1-2H3. The number of carbonyl (C=O) groups excluding carboxylic acids is 1. The monoisotopic (exact) mass is 768 g/mol. The van der Waals surface area contributed by atoms with Crippen molar-refractivity contribution in [3.8, 4) is 0 Å². The van der Waals surface area contributed by atoms with Gasteiger partial charge in [-0.25, -0.2) is 0 Å². The van der Waals surface area contributed by atoms with Gasteiger partial charge in [-0.15, -0.1) is 0 Å². The van der Waals surface area contributed by atoms with Crippen LogP contribution < -0.4 is 0 Å². The van der Waals surface area contributed by atoms with Gasteiger partial charge in [0, 0.05) is 14.0 Å². The maximum Gasteiger partial charge on any atom is 0.302 e. The minimum absolute atomic E-state index is 0.229. The maximum atomic E-state index is 11.5. The summed E-state index contributed by atoms with van der Waals surface area (Å²) in [7, 11) is -3.41. The van der Waals surface area contributed by atoms with Crippen molar-refractivity contribution in [3.05, 3.63) is 29.8 Å². The summed E-state index contributed by atoms with van der Waals surface area (Å²) in [4.78, 5) is 9.82. The highest BCUT2D eigenvalue weighted by Gasteiger charge is 2.11. The van der Waals surface area contributed by atoms with Gasteiger partial charge < -0.3 is 9.47 Å². The van der Waals surface area contributed by atoms with Gasteiger partial charge in [-0.1, -0.05) is 105 Å². The third-order valence-electron chi connectivity index (χ3n) is 5.61. The molecule has 0 saturated carbocycles. The van der Waals surface area contributed by atoms with Gasteiger partial charge >= 0.3 is 5.97 Å². The van der Waals surface area contributed by atoms with Crippen LogP contribution in [0, 0.1) is 0 Å². The van der Waals surface area contributed by atoms with E-state index in [0.717, 1.165) is 33.2 Å². The molecule has 12 nitrogen and oxygen atoms in total. The second-order valence-electron chi connectivity index (χ2n) is 9.92. The number of benzene rings is 1. The molecule has 0 N–H and O–H groups in total. The Morgan fingerprint density at radius 1 is 0.612 bits per heavy atom. The number of esters is 1. The molecule has 0 aromatic heterocycles. The van der Waals surface area contributed by atoms with Crippen LogP contribution in [0.4, 0.5) is 0 Å². The molecular formula is C34H72O12S3. The molecule has 0 aliphatic heterocycles. The SMILES string of the molecule is CC.CC.CCCCCCCCCCCCc1ccc(S(=O)(=O)OC)cc1.COC(C)=O.COC(C)C.COS(C)(=O)=O.COS(C)(=O)=O. The lowest BCUT2D eigenvalue weighted by molar-refractivity contribution is -0.137. The topological polar surface area (TPSA) is 166 Å². The molecular weight excluding hydrogens is 697 g/mol. The van der Waals surface area contributed by atoms with Crippen LogP contribution in [-0.4, -0.2) is 85.4 Å². The summed E-state index contributed by atoms with van der Waals surface area (Å²) in [6.07, 6.45) is 16.7. The van der Waals surface area contributed by atoms with Gasteiger partial charge in [0.2, 0.25) is 0 Å². The first-order valence-electron chi connectivity index (χ1n) is 16.7. The number of rotatable bonds is 16. The Morgan fingerprint density at radius 3 is 1.12 bits per heavy atom. The highest BCUT2D eigenvalue weighted by molar-refractivity contribution is 7.86. The Morgan fingerprint density at radius 2 is 0.898 bits per heavy atom. The van der Waals surface area contributed by atoms with Gasteiger partial charge in [-0.2, -0.15) is 25.3 Å². The van der Waals surface area contributed by atoms with Crippen LogP contribution in [0.3, 0.4) is 0 Å². The van der Waals surface area contributed by atoms with Crippen LogP contribution in [0.15, 0.2) is 29.2 Å². The van der Waals surface area contributed by atoms with Crippen molar-refractivity contribution in [2.24, 2.45) is 0 Å². The van der Waals surface area contributed by atoms with Gasteiger partial charge in [0.15, 0.2) is 0 Å². The van der Waals surface area contributed by atoms with Crippen molar-refractivity contribution in [2.45, 2.75) is 137 Å². The Hall–Kier alpha value is -1.62. The number of methoxy groups -OCH3 is 2. The van der Waals surface area contributed by atoms with Crippen LogP contribution in [0.5, 0.6) is 0 Å². The molecule has 0 aliphatic rings. The number of hydrogen-bond donors (Lipinski definition) is 0. The summed E-state index contributed by atoms with van der Waals surface area (Å²) in [5.74, 6) is -0.245. The second-order valence-corrected chi connectivity index (χ2v) is 15.1. The first-order valence-corrected chi connectivity index (χ1v) is 21.8. The molecule has 0 saturated heterocycles. The van der Waals surface area contributed by atoms with Gasteiger partial charge in [-0.3, -0.25) is 17.3 Å². The molecule has 0 spiro atoms. The summed E-state index contributed by atoms with van der Waals surface area (Å²) < 4.78 is 83.4. The zero-order valence-corrected chi connectivity index (χ0v) is 35.7. The molecule has 0 amide bonds. The van der Waals surface area contributed by atoms with Crippen molar-refractivity contribution in [1.29, 1.82) is 0 Å². The molecule has 0 fully saturated rings. The van der Waals surface area contributed by atoms with Gasteiger partial charge in [0.05, 0.1) is 52.0 Å². The van der Waals surface area contributed by atoms with E-state index in [1.54, 1.807) is 19.2 Å². The summed E-state index contributed by atoms with van der Waals surface area (Å²) in [6, 6.07) is 7.04. The van der Waals surface area contributed by atoms with E-state index in [1.165, 1.54) is 90.9 Å². The molecule has 1 aromatic rings. The maximum absolute atomic E-state index is 11.5. The molecule has 0 atom stereocenters. The zero-order chi connectivity index (χ0) is 40.0. The Balaban J connectivity index is -0.000000144. The third-order valence-corrected chi connectivity index (χ3v) is 8.11. The Labute approximate surface area is 302 Å². The molecule has 1 rings (SSSR count). The highest BCUT2D eigenvalue weighted by Crippen LogP contribution is 2.15. The lowest BCUT2D eigenvalue weighted by atomic mass is 10.0. The van der Waals surface area contributed by atoms with E-state index in [-0.39, 0.29) is 10.9 Å². The predicted molar refractivity (Wildman–Crippen MR) is 202 cm³/mol. The van der Waals surface area contributed by atoms with E-state index in [4.69, 9.17) is 4.74 Å². The molecule has 1 aromatic carbocycles. The first kappa shape index (κ1) is 59.5. The number of aryl methyl sites for hydroxylation is 1. The fourth-order valence-corrected chi connectivity index (χ4v) is 3.40. The largest absolute Gasteiger partial charge is 0.469 e. The summed E-state index contributed by atoms with van der Waals surface area (Å²) in [5, 5.41) is 0. The van der Waals surface area contributed by atoms with Crippen LogP contribution in [0.2, 0.25) is 0 Å². The molecule has 0 radical (unpaired) electrons. The summed E-state index contributed by atoms with van der Waals surface area (Å²) in [5.41, 5.74) is 1.19. The second kappa shape index (κ2) is 40.8. The third kappa shape index (κ3) is 58.9. The molecule has 15 heteroatoms. The molecule has 0 heterocycles. The van der Waals surface area contributed by atoms with E-state index in [9.17, 15) is 30.0 Å². The molecule has 0 aliphatic carbocycles. The average molecular weight is 769 g/mol. The van der Waals surface area contributed by atoms with Gasteiger partial charge in [0.1, 0.15) is 0 Å². The molecule has 0 bridgehead atoms. The highest BCUT2D eigenvalue weighted by atomic mass is 32.2. The fraction of sp³-hybridized carbons (Fsp3) is 0.794. The number of carbonyl (C=O) groups is 1. The predicted octanol–water partition coefficient (Wildman–Crippen LogP) is 7.94. The lowest BCUT2D eigenvalue weighted by Crippen LogP contribution is -2.02. The Kier molecular flexibility index (Phi) is 49.6. The van der Waals surface area contributed by atoms with Crippen molar-refractivity contribution in [3.63, 3.8) is 0 Å². The average Bonchev–Trinajstić information content (AvgIpc) is 3.08. The first-order chi connectivity index (χ1) is 22.8. The summed E-state index contributed by atoms with van der Waals surface area (Å²) >= 11 is 0. The number of ether oxygens (including phenoxy) is 2. The van der Waals surface area contributed by atoms with Crippen LogP contribution >= 0.6 is 0 Å². The van der Waals surface area contributed by atoms with Crippen molar-refractivity contribution in [1.82, 2.24) is 0 Å². The summed E-state index contributed by atoms with van der Waals surface area (Å²) in [6.45, 7) is 15.6. The van der Waals surface area contributed by atoms with Crippen LogP contribution in [-0.2, 0) is 63.6 Å². The van der Waals surface area contributed by atoms with E-state index >= 15 is 0 Å². The lowest BCUT2D eigenvalue weighted by Gasteiger charge is -2.05. The van der Waals surface area contributed by atoms with Crippen LogP contribution in [0.25, 0.3) is 0 Å². The quantitative estimate of drug-likeness (QED) is 0.0907. The smallest absolute Gasteiger partial charge is 0.302 e. The molecule has 0 unspecified atom stereocenters. The van der Waals surface area contributed by atoms with Gasteiger partial charge in [-0.05, 0) is 44.4 Å². The number of hydrogen-bond acceptors (Lipinski definition) is 12. The minimum atomic E-state index is -3.56. The van der Waals surface area contributed by atoms with Crippen molar-refractivity contribution in [2.75, 3.05) is 48.1 Å². The Bertz CT molecular complexity index is 1100. The van der Waals surface area contributed by atoms with E-state index in [0.29, 0.717) is 6.10 Å². The molecule has 298 valence electrons. The van der Waals surface area contributed by atoms with E-state index in [2.05, 4.69) is 24.2 Å². The van der Waals surface area contributed by atoms with E-state index in [1.807, 2.05) is 53.7 Å². The van der Waals surface area contributed by atoms with Crippen molar-refractivity contribution >= 4 is 36.3 Å². The number of unbranched alkanes of at least 4 members (excludes halogenated alkanes) is 9. The zero-order valence-electron chi connectivity index (χ0n) is 33.3. The van der Waals surface area contributed by atoms with Gasteiger partial charge in [0.25, 0.3) is 30.4 Å². The fourth-order valence-electron chi connectivity index (χ4n) is 2.74. The normalized spacial score (nSPS) is 10.3. The van der Waals surface area contributed by atoms with E-state index < -0.39 is 30.4 Å². The molecule has 49 heavy (non-hydrogen) atoms. The minimum Gasteiger partial charge on any atom is -0.469 e.